The van der Waals surface area contributed by atoms with E-state index in [0.29, 0.717) is 36.7 Å². The van der Waals surface area contributed by atoms with Gasteiger partial charge in [0.25, 0.3) is 5.91 Å². The summed E-state index contributed by atoms with van der Waals surface area (Å²) in [4.78, 5) is 28.6. The molecule has 0 aliphatic carbocycles. The Kier molecular flexibility index (Phi) is 6.62. The first-order chi connectivity index (χ1) is 13.5. The zero-order valence-electron chi connectivity index (χ0n) is 16.3. The zero-order chi connectivity index (χ0) is 19.9. The highest BCUT2D eigenvalue weighted by Crippen LogP contribution is 2.17. The highest BCUT2D eigenvalue weighted by molar-refractivity contribution is 6.05. The molecule has 148 valence electrons. The molecule has 28 heavy (non-hydrogen) atoms. The molecule has 2 aromatic carbocycles. The molecule has 0 spiro atoms. The lowest BCUT2D eigenvalue weighted by Crippen LogP contribution is -2.41. The number of rotatable bonds is 6. The minimum atomic E-state index is -0.173. The van der Waals surface area contributed by atoms with Crippen LogP contribution in [0.4, 0.5) is 17.1 Å². The van der Waals surface area contributed by atoms with Crippen LogP contribution in [0.5, 0.6) is 0 Å². The SMILES string of the molecule is CN(C)c1cccc(C(=O)Nc2ccc(NC(=O)CN3CCOCC3)cc2)c1. The van der Waals surface area contributed by atoms with Crippen LogP contribution in [0.3, 0.4) is 0 Å². The van der Waals surface area contributed by atoms with Gasteiger partial charge in [-0.3, -0.25) is 14.5 Å². The Balaban J connectivity index is 1.54. The number of carbonyl (C=O) groups excluding carboxylic acids is 2. The largest absolute Gasteiger partial charge is 0.379 e. The van der Waals surface area contributed by atoms with E-state index in [4.69, 9.17) is 4.74 Å². The molecule has 0 bridgehead atoms. The second kappa shape index (κ2) is 9.34. The van der Waals surface area contributed by atoms with Gasteiger partial charge in [0, 0.05) is 49.8 Å². The molecule has 0 aromatic heterocycles. The van der Waals surface area contributed by atoms with E-state index < -0.39 is 0 Å². The third kappa shape index (κ3) is 5.55. The number of hydrogen-bond acceptors (Lipinski definition) is 5. The van der Waals surface area contributed by atoms with Gasteiger partial charge >= 0.3 is 0 Å². The lowest BCUT2D eigenvalue weighted by atomic mass is 10.1. The standard InChI is InChI=1S/C21H26N4O3/c1-24(2)19-5-3-4-16(14-19)21(27)23-18-8-6-17(7-9-18)22-20(26)15-25-10-12-28-13-11-25/h3-9,14H,10-13,15H2,1-2H3,(H,22,26)(H,23,27). The quantitative estimate of drug-likeness (QED) is 0.802. The van der Waals surface area contributed by atoms with E-state index in [9.17, 15) is 9.59 Å². The highest BCUT2D eigenvalue weighted by atomic mass is 16.5. The van der Waals surface area contributed by atoms with Gasteiger partial charge in [0.1, 0.15) is 0 Å². The van der Waals surface area contributed by atoms with Crippen molar-refractivity contribution in [1.82, 2.24) is 4.90 Å². The van der Waals surface area contributed by atoms with E-state index in [1.807, 2.05) is 37.2 Å². The van der Waals surface area contributed by atoms with E-state index in [2.05, 4.69) is 15.5 Å². The summed E-state index contributed by atoms with van der Waals surface area (Å²) in [7, 11) is 3.87. The Labute approximate surface area is 165 Å². The molecule has 7 heteroatoms. The fraction of sp³-hybridized carbons (Fsp3) is 0.333. The van der Waals surface area contributed by atoms with Crippen LogP contribution < -0.4 is 15.5 Å². The number of carbonyl (C=O) groups is 2. The van der Waals surface area contributed by atoms with Gasteiger partial charge in [-0.25, -0.2) is 0 Å². The molecular weight excluding hydrogens is 356 g/mol. The topological polar surface area (TPSA) is 73.9 Å². The van der Waals surface area contributed by atoms with Crippen LogP contribution in [-0.4, -0.2) is 63.7 Å². The second-order valence-corrected chi connectivity index (χ2v) is 6.91. The number of benzene rings is 2. The first-order valence-electron chi connectivity index (χ1n) is 9.30. The van der Waals surface area contributed by atoms with E-state index in [0.717, 1.165) is 18.8 Å². The maximum atomic E-state index is 12.5. The summed E-state index contributed by atoms with van der Waals surface area (Å²) in [5.41, 5.74) is 2.93. The van der Waals surface area contributed by atoms with E-state index in [1.54, 1.807) is 30.3 Å². The fourth-order valence-corrected chi connectivity index (χ4v) is 2.93. The van der Waals surface area contributed by atoms with Crippen molar-refractivity contribution in [2.24, 2.45) is 0 Å². The van der Waals surface area contributed by atoms with Crippen molar-refractivity contribution in [3.8, 4) is 0 Å². The second-order valence-electron chi connectivity index (χ2n) is 6.91. The molecule has 1 heterocycles. The molecule has 2 aromatic rings. The first-order valence-corrected chi connectivity index (χ1v) is 9.30. The maximum absolute atomic E-state index is 12.5. The predicted molar refractivity (Wildman–Crippen MR) is 111 cm³/mol. The molecule has 0 radical (unpaired) electrons. The Hall–Kier alpha value is -2.90. The van der Waals surface area contributed by atoms with Crippen molar-refractivity contribution >= 4 is 28.9 Å². The molecule has 0 saturated carbocycles. The Morgan fingerprint density at radius 3 is 2.29 bits per heavy atom. The van der Waals surface area contributed by atoms with E-state index >= 15 is 0 Å². The molecular formula is C21H26N4O3. The summed E-state index contributed by atoms with van der Waals surface area (Å²) >= 11 is 0. The van der Waals surface area contributed by atoms with Crippen LogP contribution in [-0.2, 0) is 9.53 Å². The van der Waals surface area contributed by atoms with Crippen molar-refractivity contribution in [2.45, 2.75) is 0 Å². The van der Waals surface area contributed by atoms with Gasteiger partial charge in [0.2, 0.25) is 5.91 Å². The van der Waals surface area contributed by atoms with Gasteiger partial charge in [-0.15, -0.1) is 0 Å². The zero-order valence-corrected chi connectivity index (χ0v) is 16.3. The molecule has 2 amide bonds. The summed E-state index contributed by atoms with van der Waals surface area (Å²) in [6.07, 6.45) is 0. The summed E-state index contributed by atoms with van der Waals surface area (Å²) < 4.78 is 5.28. The predicted octanol–water partition coefficient (Wildman–Crippen LogP) is 2.28. The summed E-state index contributed by atoms with van der Waals surface area (Å²) in [6.45, 7) is 3.23. The number of nitrogens with one attached hydrogen (secondary N) is 2. The smallest absolute Gasteiger partial charge is 0.255 e. The van der Waals surface area contributed by atoms with Crippen LogP contribution >= 0.6 is 0 Å². The monoisotopic (exact) mass is 382 g/mol. The van der Waals surface area contributed by atoms with Crippen LogP contribution in [0.15, 0.2) is 48.5 Å². The highest BCUT2D eigenvalue weighted by Gasteiger charge is 2.14. The van der Waals surface area contributed by atoms with Gasteiger partial charge in [-0.05, 0) is 42.5 Å². The molecule has 3 rings (SSSR count). The van der Waals surface area contributed by atoms with Gasteiger partial charge in [0.05, 0.1) is 19.8 Å². The fourth-order valence-electron chi connectivity index (χ4n) is 2.93. The molecule has 1 aliphatic rings. The van der Waals surface area contributed by atoms with Gasteiger partial charge in [0.15, 0.2) is 0 Å². The Morgan fingerprint density at radius 1 is 1.00 bits per heavy atom. The number of amides is 2. The molecule has 1 fully saturated rings. The molecule has 7 nitrogen and oxygen atoms in total. The molecule has 0 atom stereocenters. The normalized spacial score (nSPS) is 14.4. The lowest BCUT2D eigenvalue weighted by molar-refractivity contribution is -0.118. The first kappa shape index (κ1) is 19.9. The minimum Gasteiger partial charge on any atom is -0.379 e. The maximum Gasteiger partial charge on any atom is 0.255 e. The van der Waals surface area contributed by atoms with Crippen LogP contribution in [0.1, 0.15) is 10.4 Å². The summed E-state index contributed by atoms with van der Waals surface area (Å²) in [5, 5.41) is 5.76. The average molecular weight is 382 g/mol. The van der Waals surface area contributed by atoms with Crippen molar-refractivity contribution in [2.75, 3.05) is 62.5 Å². The molecule has 1 aliphatic heterocycles. The van der Waals surface area contributed by atoms with Gasteiger partial charge in [-0.2, -0.15) is 0 Å². The van der Waals surface area contributed by atoms with Gasteiger partial charge in [-0.1, -0.05) is 6.07 Å². The van der Waals surface area contributed by atoms with E-state index in [1.165, 1.54) is 0 Å². The van der Waals surface area contributed by atoms with Crippen molar-refractivity contribution in [3.63, 3.8) is 0 Å². The third-order valence-electron chi connectivity index (χ3n) is 4.52. The van der Waals surface area contributed by atoms with Crippen LogP contribution in [0, 0.1) is 0 Å². The Morgan fingerprint density at radius 2 is 1.64 bits per heavy atom. The third-order valence-corrected chi connectivity index (χ3v) is 4.52. The lowest BCUT2D eigenvalue weighted by Gasteiger charge is -2.25. The number of anilines is 3. The van der Waals surface area contributed by atoms with Crippen molar-refractivity contribution < 1.29 is 14.3 Å². The average Bonchev–Trinajstić information content (AvgIpc) is 2.70. The van der Waals surface area contributed by atoms with E-state index in [-0.39, 0.29) is 11.8 Å². The number of nitrogens with zero attached hydrogens (tertiary/aromatic N) is 2. The van der Waals surface area contributed by atoms with Crippen LogP contribution in [0.2, 0.25) is 0 Å². The van der Waals surface area contributed by atoms with Crippen molar-refractivity contribution in [3.05, 3.63) is 54.1 Å². The Bertz CT molecular complexity index is 815. The van der Waals surface area contributed by atoms with Crippen molar-refractivity contribution in [1.29, 1.82) is 0 Å². The summed E-state index contributed by atoms with van der Waals surface area (Å²) in [6, 6.07) is 14.5. The molecule has 2 N–H and O–H groups in total. The summed E-state index contributed by atoms with van der Waals surface area (Å²) in [5.74, 6) is -0.230. The molecule has 1 saturated heterocycles. The molecule has 0 unspecified atom stereocenters. The minimum absolute atomic E-state index is 0.0563. The number of ether oxygens (including phenoxy) is 1. The van der Waals surface area contributed by atoms with Crippen LogP contribution in [0.25, 0.3) is 0 Å². The van der Waals surface area contributed by atoms with Gasteiger partial charge < -0.3 is 20.3 Å². The number of morpholine rings is 1. The number of hydrogen-bond donors (Lipinski definition) is 2.